The van der Waals surface area contributed by atoms with E-state index >= 15 is 0 Å². The third kappa shape index (κ3) is 4.73. The van der Waals surface area contributed by atoms with Crippen LogP contribution in [-0.4, -0.2) is 18.8 Å². The minimum absolute atomic E-state index is 0.109. The Morgan fingerprint density at radius 2 is 1.47 bits per heavy atom. The highest BCUT2D eigenvalue weighted by molar-refractivity contribution is 7.76. The highest BCUT2D eigenvalue weighted by Gasteiger charge is 2.34. The molecule has 0 fully saturated rings. The van der Waals surface area contributed by atoms with E-state index in [4.69, 9.17) is 4.74 Å². The third-order valence-electron chi connectivity index (χ3n) is 5.27. The molecule has 156 valence electrons. The standard InChI is InChI=1S/C25H28NO3P/c1-19(2)24(18-27)25(20-14-16-21(29-3)17-15-20)26-30(28,22-10-6-4-7-11-22)23-12-8-5-9-13-23/h4-17,24-25,27H,1,18H2,2-3H3,(H,26,28). The van der Waals surface area contributed by atoms with Gasteiger partial charge in [0.2, 0.25) is 7.29 Å². The minimum Gasteiger partial charge on any atom is -0.497 e. The maximum atomic E-state index is 14.5. The highest BCUT2D eigenvalue weighted by atomic mass is 31.2. The van der Waals surface area contributed by atoms with Gasteiger partial charge in [-0.1, -0.05) is 60.7 Å². The summed E-state index contributed by atoms with van der Waals surface area (Å²) in [5, 5.41) is 15.0. The lowest BCUT2D eigenvalue weighted by Crippen LogP contribution is -2.35. The molecule has 3 rings (SSSR count). The molecule has 0 spiro atoms. The Hall–Kier alpha value is -2.65. The van der Waals surface area contributed by atoms with Crippen molar-refractivity contribution < 1.29 is 14.4 Å². The van der Waals surface area contributed by atoms with Crippen molar-refractivity contribution >= 4 is 17.9 Å². The molecule has 4 nitrogen and oxygen atoms in total. The molecule has 0 aromatic heterocycles. The normalized spacial score (nSPS) is 13.4. The van der Waals surface area contributed by atoms with Gasteiger partial charge in [0.05, 0.1) is 13.7 Å². The number of aliphatic hydroxyl groups is 1. The van der Waals surface area contributed by atoms with Crippen molar-refractivity contribution in [3.63, 3.8) is 0 Å². The van der Waals surface area contributed by atoms with Crippen molar-refractivity contribution in [3.8, 4) is 5.75 Å². The first kappa shape index (κ1) is 22.0. The summed E-state index contributed by atoms with van der Waals surface area (Å²) in [7, 11) is -1.59. The Morgan fingerprint density at radius 1 is 0.967 bits per heavy atom. The van der Waals surface area contributed by atoms with Crippen LogP contribution in [0, 0.1) is 5.92 Å². The molecule has 0 aliphatic heterocycles. The second kappa shape index (κ2) is 9.90. The van der Waals surface area contributed by atoms with E-state index in [2.05, 4.69) is 11.7 Å². The van der Waals surface area contributed by atoms with Crippen molar-refractivity contribution in [2.24, 2.45) is 5.92 Å². The second-order valence-corrected chi connectivity index (χ2v) is 9.81. The fourth-order valence-electron chi connectivity index (χ4n) is 3.52. The molecule has 0 heterocycles. The maximum absolute atomic E-state index is 14.5. The molecule has 30 heavy (non-hydrogen) atoms. The lowest BCUT2D eigenvalue weighted by molar-refractivity contribution is 0.222. The Labute approximate surface area is 178 Å². The van der Waals surface area contributed by atoms with Crippen molar-refractivity contribution in [3.05, 3.63) is 103 Å². The van der Waals surface area contributed by atoms with Crippen LogP contribution in [0.1, 0.15) is 18.5 Å². The van der Waals surface area contributed by atoms with Crippen molar-refractivity contribution in [1.29, 1.82) is 0 Å². The van der Waals surface area contributed by atoms with Crippen LogP contribution in [-0.2, 0) is 4.57 Å². The molecular formula is C25H28NO3P. The molecule has 5 heteroatoms. The fraction of sp³-hybridized carbons (Fsp3) is 0.200. The van der Waals surface area contributed by atoms with Crippen molar-refractivity contribution in [2.45, 2.75) is 13.0 Å². The van der Waals surface area contributed by atoms with Gasteiger partial charge in [0.25, 0.3) is 0 Å². The van der Waals surface area contributed by atoms with Crippen LogP contribution >= 0.6 is 7.29 Å². The number of benzene rings is 3. The summed E-state index contributed by atoms with van der Waals surface area (Å²) < 4.78 is 19.8. The lowest BCUT2D eigenvalue weighted by atomic mass is 9.89. The number of hydrogen-bond acceptors (Lipinski definition) is 3. The molecule has 0 radical (unpaired) electrons. The average molecular weight is 421 g/mol. The number of hydrogen-bond donors (Lipinski definition) is 2. The van der Waals surface area contributed by atoms with Crippen LogP contribution < -0.4 is 20.4 Å². The minimum atomic E-state index is -3.20. The summed E-state index contributed by atoms with van der Waals surface area (Å²) >= 11 is 0. The Balaban J connectivity index is 2.13. The average Bonchev–Trinajstić information content (AvgIpc) is 2.80. The van der Waals surface area contributed by atoms with Crippen molar-refractivity contribution in [2.75, 3.05) is 13.7 Å². The van der Waals surface area contributed by atoms with E-state index in [-0.39, 0.29) is 12.5 Å². The number of nitrogens with one attached hydrogen (secondary N) is 1. The predicted octanol–water partition coefficient (Wildman–Crippen LogP) is 4.44. The quantitative estimate of drug-likeness (QED) is 0.396. The van der Waals surface area contributed by atoms with Gasteiger partial charge in [-0.2, -0.15) is 0 Å². The van der Waals surface area contributed by atoms with E-state index in [0.717, 1.165) is 16.9 Å². The summed E-state index contributed by atoms with van der Waals surface area (Å²) in [6.07, 6.45) is 0. The smallest absolute Gasteiger partial charge is 0.205 e. The summed E-state index contributed by atoms with van der Waals surface area (Å²) in [5.41, 5.74) is 1.73. The zero-order valence-corrected chi connectivity index (χ0v) is 18.3. The first-order valence-corrected chi connectivity index (χ1v) is 11.6. The van der Waals surface area contributed by atoms with Crippen LogP contribution in [0.15, 0.2) is 97.1 Å². The molecule has 0 saturated carbocycles. The van der Waals surface area contributed by atoms with Gasteiger partial charge in [-0.15, -0.1) is 0 Å². The monoisotopic (exact) mass is 421 g/mol. The van der Waals surface area contributed by atoms with E-state index in [1.54, 1.807) is 7.11 Å². The van der Waals surface area contributed by atoms with E-state index in [9.17, 15) is 9.67 Å². The van der Waals surface area contributed by atoms with E-state index in [1.807, 2.05) is 91.9 Å². The van der Waals surface area contributed by atoms with Crippen LogP contribution in [0.2, 0.25) is 0 Å². The van der Waals surface area contributed by atoms with Gasteiger partial charge in [0.15, 0.2) is 0 Å². The van der Waals surface area contributed by atoms with E-state index < -0.39 is 13.3 Å². The van der Waals surface area contributed by atoms with Gasteiger partial charge in [0.1, 0.15) is 5.75 Å². The predicted molar refractivity (Wildman–Crippen MR) is 124 cm³/mol. The number of ether oxygens (including phenoxy) is 1. The topological polar surface area (TPSA) is 58.6 Å². The third-order valence-corrected chi connectivity index (χ3v) is 7.96. The fourth-order valence-corrected chi connectivity index (χ4v) is 6.02. The highest BCUT2D eigenvalue weighted by Crippen LogP contribution is 2.44. The van der Waals surface area contributed by atoms with E-state index in [0.29, 0.717) is 10.6 Å². The SMILES string of the molecule is C=C(C)C(CO)C(NP(=O)(c1ccccc1)c1ccccc1)c1ccc(OC)cc1. The molecular weight excluding hydrogens is 393 g/mol. The van der Waals surface area contributed by atoms with Crippen LogP contribution in [0.3, 0.4) is 0 Å². The molecule has 2 atom stereocenters. The van der Waals surface area contributed by atoms with Gasteiger partial charge in [-0.3, -0.25) is 9.65 Å². The number of rotatable bonds is 9. The Kier molecular flexibility index (Phi) is 7.28. The molecule has 0 saturated heterocycles. The zero-order valence-electron chi connectivity index (χ0n) is 17.4. The molecule has 3 aromatic carbocycles. The molecule has 0 aliphatic carbocycles. The van der Waals surface area contributed by atoms with Gasteiger partial charge < -0.3 is 9.84 Å². The second-order valence-electron chi connectivity index (χ2n) is 7.30. The Bertz CT molecular complexity index is 960. The van der Waals surface area contributed by atoms with Gasteiger partial charge in [-0.25, -0.2) is 0 Å². The first-order chi connectivity index (χ1) is 14.5. The summed E-state index contributed by atoms with van der Waals surface area (Å²) in [6, 6.07) is 26.1. The van der Waals surface area contributed by atoms with Gasteiger partial charge >= 0.3 is 0 Å². The number of aliphatic hydroxyl groups excluding tert-OH is 1. The first-order valence-electron chi connectivity index (χ1n) is 9.89. The molecule has 0 aliphatic rings. The molecule has 2 unspecified atom stereocenters. The molecule has 0 amide bonds. The van der Waals surface area contributed by atoms with Crippen LogP contribution in [0.5, 0.6) is 5.75 Å². The van der Waals surface area contributed by atoms with Crippen molar-refractivity contribution in [1.82, 2.24) is 5.09 Å². The van der Waals surface area contributed by atoms with Crippen LogP contribution in [0.4, 0.5) is 0 Å². The zero-order chi connectivity index (χ0) is 21.6. The summed E-state index contributed by atoms with van der Waals surface area (Å²) in [5.74, 6) is 0.432. The summed E-state index contributed by atoms with van der Waals surface area (Å²) in [6.45, 7) is 5.84. The van der Waals surface area contributed by atoms with Crippen LogP contribution in [0.25, 0.3) is 0 Å². The largest absolute Gasteiger partial charge is 0.497 e. The number of methoxy groups -OCH3 is 1. The lowest BCUT2D eigenvalue weighted by Gasteiger charge is -2.32. The van der Waals surface area contributed by atoms with Gasteiger partial charge in [-0.05, 0) is 48.9 Å². The summed E-state index contributed by atoms with van der Waals surface area (Å²) in [4.78, 5) is 0. The van der Waals surface area contributed by atoms with Gasteiger partial charge in [0, 0.05) is 22.6 Å². The molecule has 3 aromatic rings. The maximum Gasteiger partial charge on any atom is 0.205 e. The Morgan fingerprint density at radius 3 is 1.87 bits per heavy atom. The molecule has 2 N–H and O–H groups in total. The molecule has 0 bridgehead atoms. The van der Waals surface area contributed by atoms with E-state index in [1.165, 1.54) is 0 Å².